The third-order valence-corrected chi connectivity index (χ3v) is 3.83. The van der Waals surface area contributed by atoms with Crippen LogP contribution in [0.15, 0.2) is 18.2 Å². The van der Waals surface area contributed by atoms with E-state index in [0.717, 1.165) is 25.2 Å². The van der Waals surface area contributed by atoms with Crippen LogP contribution in [0, 0.1) is 5.82 Å². The zero-order chi connectivity index (χ0) is 11.4. The topological polar surface area (TPSA) is 35.2 Å². The van der Waals surface area contributed by atoms with E-state index in [2.05, 4.69) is 0 Å². The molecule has 0 saturated carbocycles. The van der Waals surface area contributed by atoms with Crippen molar-refractivity contribution >= 4 is 17.4 Å². The van der Waals surface area contributed by atoms with Crippen LogP contribution in [-0.4, -0.2) is 18.5 Å². The number of thioether (sulfide) groups is 1. The van der Waals surface area contributed by atoms with Crippen molar-refractivity contribution in [1.82, 2.24) is 0 Å². The number of nitrogen functional groups attached to an aromatic ring is 1. The summed E-state index contributed by atoms with van der Waals surface area (Å²) in [6.07, 6.45) is 2.62. The second-order valence-electron chi connectivity index (χ2n) is 3.96. The number of anilines is 1. The summed E-state index contributed by atoms with van der Waals surface area (Å²) in [6.45, 7) is 0.868. The van der Waals surface area contributed by atoms with Crippen molar-refractivity contribution in [2.75, 3.05) is 18.1 Å². The first kappa shape index (κ1) is 11.7. The fraction of sp³-hybridized carbons (Fsp3) is 0.500. The molecule has 4 heteroatoms. The van der Waals surface area contributed by atoms with Crippen molar-refractivity contribution in [3.63, 3.8) is 0 Å². The second-order valence-corrected chi connectivity index (χ2v) is 4.99. The summed E-state index contributed by atoms with van der Waals surface area (Å²) >= 11 is 1.69. The number of hydrogen-bond acceptors (Lipinski definition) is 3. The molecule has 1 aliphatic rings. The summed E-state index contributed by atoms with van der Waals surface area (Å²) in [5.41, 5.74) is 6.89. The van der Waals surface area contributed by atoms with E-state index in [9.17, 15) is 4.39 Å². The van der Waals surface area contributed by atoms with E-state index in [-0.39, 0.29) is 5.82 Å². The molecule has 0 aliphatic carbocycles. The van der Waals surface area contributed by atoms with Crippen molar-refractivity contribution in [2.24, 2.45) is 0 Å². The average Bonchev–Trinajstić information content (AvgIpc) is 2.75. The molecule has 1 unspecified atom stereocenters. The highest BCUT2D eigenvalue weighted by Crippen LogP contribution is 2.24. The lowest BCUT2D eigenvalue weighted by Crippen LogP contribution is -2.08. The Balaban J connectivity index is 1.84. The summed E-state index contributed by atoms with van der Waals surface area (Å²) in [5.74, 6) is 1.34. The molecule has 2 rings (SSSR count). The van der Waals surface area contributed by atoms with Crippen LogP contribution in [0.25, 0.3) is 0 Å². The maximum Gasteiger partial charge on any atom is 0.129 e. The molecule has 16 heavy (non-hydrogen) atoms. The summed E-state index contributed by atoms with van der Waals surface area (Å²) < 4.78 is 18.9. The van der Waals surface area contributed by atoms with Gasteiger partial charge in [-0.05, 0) is 25.0 Å². The summed E-state index contributed by atoms with van der Waals surface area (Å²) in [6, 6.07) is 4.84. The van der Waals surface area contributed by atoms with Crippen LogP contribution in [0.1, 0.15) is 18.4 Å². The van der Waals surface area contributed by atoms with Gasteiger partial charge >= 0.3 is 0 Å². The van der Waals surface area contributed by atoms with Crippen molar-refractivity contribution in [3.05, 3.63) is 29.6 Å². The molecule has 1 heterocycles. The van der Waals surface area contributed by atoms with Crippen LogP contribution < -0.4 is 5.73 Å². The smallest absolute Gasteiger partial charge is 0.129 e. The molecule has 1 atom stereocenters. The van der Waals surface area contributed by atoms with Crippen LogP contribution >= 0.6 is 11.8 Å². The van der Waals surface area contributed by atoms with Gasteiger partial charge in [-0.3, -0.25) is 0 Å². The molecule has 0 radical (unpaired) electrons. The minimum atomic E-state index is -0.208. The Labute approximate surface area is 99.4 Å². The Kier molecular flexibility index (Phi) is 4.07. The first-order chi connectivity index (χ1) is 7.77. The Morgan fingerprint density at radius 1 is 1.50 bits per heavy atom. The average molecular weight is 241 g/mol. The van der Waals surface area contributed by atoms with Crippen molar-refractivity contribution < 1.29 is 9.13 Å². The Hall–Kier alpha value is -0.740. The molecule has 1 aliphatic heterocycles. The summed E-state index contributed by atoms with van der Waals surface area (Å²) in [7, 11) is 0. The van der Waals surface area contributed by atoms with Gasteiger partial charge in [0, 0.05) is 29.4 Å². The van der Waals surface area contributed by atoms with Crippen molar-refractivity contribution in [2.45, 2.75) is 24.7 Å². The molecule has 2 N–H and O–H groups in total. The SMILES string of the molecule is Nc1cccc(F)c1CSCC1CCCO1. The lowest BCUT2D eigenvalue weighted by Gasteiger charge is -2.10. The summed E-state index contributed by atoms with van der Waals surface area (Å²) in [5, 5.41) is 0. The van der Waals surface area contributed by atoms with Gasteiger partial charge in [-0.25, -0.2) is 4.39 Å². The molecule has 0 bridgehead atoms. The van der Waals surface area contributed by atoms with Crippen LogP contribution in [0.3, 0.4) is 0 Å². The zero-order valence-corrected chi connectivity index (χ0v) is 9.93. The quantitative estimate of drug-likeness (QED) is 0.823. The number of ether oxygens (including phenoxy) is 1. The number of benzene rings is 1. The van der Waals surface area contributed by atoms with E-state index in [4.69, 9.17) is 10.5 Å². The molecule has 0 amide bonds. The number of nitrogens with two attached hydrogens (primary N) is 1. The molecule has 88 valence electrons. The number of halogens is 1. The van der Waals surface area contributed by atoms with Crippen LogP contribution in [-0.2, 0) is 10.5 Å². The molecule has 1 aromatic rings. The monoisotopic (exact) mass is 241 g/mol. The third kappa shape index (κ3) is 2.89. The van der Waals surface area contributed by atoms with Gasteiger partial charge in [0.25, 0.3) is 0 Å². The van der Waals surface area contributed by atoms with Gasteiger partial charge in [0.1, 0.15) is 5.82 Å². The number of hydrogen-bond donors (Lipinski definition) is 1. The molecule has 0 spiro atoms. The fourth-order valence-corrected chi connectivity index (χ4v) is 2.95. The maximum absolute atomic E-state index is 13.4. The van der Waals surface area contributed by atoms with Crippen LogP contribution in [0.2, 0.25) is 0 Å². The van der Waals surface area contributed by atoms with E-state index in [1.807, 2.05) is 0 Å². The van der Waals surface area contributed by atoms with E-state index in [1.54, 1.807) is 23.9 Å². The van der Waals surface area contributed by atoms with E-state index in [0.29, 0.717) is 23.1 Å². The molecular formula is C12H16FNOS. The van der Waals surface area contributed by atoms with Gasteiger partial charge in [-0.1, -0.05) is 6.07 Å². The fourth-order valence-electron chi connectivity index (χ4n) is 1.80. The maximum atomic E-state index is 13.4. The Morgan fingerprint density at radius 2 is 2.38 bits per heavy atom. The summed E-state index contributed by atoms with van der Waals surface area (Å²) in [4.78, 5) is 0. The highest BCUT2D eigenvalue weighted by atomic mass is 32.2. The van der Waals surface area contributed by atoms with Crippen LogP contribution in [0.5, 0.6) is 0 Å². The van der Waals surface area contributed by atoms with Crippen LogP contribution in [0.4, 0.5) is 10.1 Å². The second kappa shape index (κ2) is 5.55. The molecule has 1 saturated heterocycles. The standard InChI is InChI=1S/C12H16FNOS/c13-11-4-1-5-12(14)10(11)8-16-7-9-3-2-6-15-9/h1,4-5,9H,2-3,6-8,14H2. The van der Waals surface area contributed by atoms with Gasteiger partial charge in [0.15, 0.2) is 0 Å². The zero-order valence-electron chi connectivity index (χ0n) is 9.12. The van der Waals surface area contributed by atoms with Gasteiger partial charge in [0.05, 0.1) is 6.10 Å². The van der Waals surface area contributed by atoms with Gasteiger partial charge < -0.3 is 10.5 Å². The largest absolute Gasteiger partial charge is 0.398 e. The molecule has 0 aromatic heterocycles. The Bertz CT molecular complexity index is 333. The first-order valence-electron chi connectivity index (χ1n) is 5.49. The first-order valence-corrected chi connectivity index (χ1v) is 6.65. The predicted molar refractivity (Wildman–Crippen MR) is 65.9 cm³/mol. The highest BCUT2D eigenvalue weighted by molar-refractivity contribution is 7.98. The molecular weight excluding hydrogens is 225 g/mol. The molecule has 1 fully saturated rings. The minimum Gasteiger partial charge on any atom is -0.398 e. The molecule has 2 nitrogen and oxygen atoms in total. The van der Waals surface area contributed by atoms with Gasteiger partial charge in [-0.2, -0.15) is 11.8 Å². The van der Waals surface area contributed by atoms with Gasteiger partial charge in [-0.15, -0.1) is 0 Å². The lowest BCUT2D eigenvalue weighted by atomic mass is 10.2. The number of rotatable bonds is 4. The Morgan fingerprint density at radius 3 is 3.06 bits per heavy atom. The van der Waals surface area contributed by atoms with Crippen molar-refractivity contribution in [1.29, 1.82) is 0 Å². The van der Waals surface area contributed by atoms with E-state index in [1.165, 1.54) is 6.07 Å². The van der Waals surface area contributed by atoms with Gasteiger partial charge in [0.2, 0.25) is 0 Å². The lowest BCUT2D eigenvalue weighted by molar-refractivity contribution is 0.129. The minimum absolute atomic E-state index is 0.208. The predicted octanol–water partition coefficient (Wildman–Crippen LogP) is 2.82. The highest BCUT2D eigenvalue weighted by Gasteiger charge is 2.15. The van der Waals surface area contributed by atoms with E-state index < -0.39 is 0 Å². The third-order valence-electron chi connectivity index (χ3n) is 2.73. The van der Waals surface area contributed by atoms with E-state index >= 15 is 0 Å². The molecule has 1 aromatic carbocycles. The van der Waals surface area contributed by atoms with Crippen molar-refractivity contribution in [3.8, 4) is 0 Å². The normalized spacial score (nSPS) is 20.2.